The standard InChI is InChI=1S/C19H18N4O3/c1-12-3-6-14(7-4-12)15-10-16(22-21-15)19(25)23-20-11-13-5-8-17(24)18(9-13)26-2/h3-11,24H,1-2H3,(H,21,22)(H,23,25)/b20-11-. The number of phenolic OH excluding ortho intramolecular Hbond substituents is 1. The summed E-state index contributed by atoms with van der Waals surface area (Å²) in [6.07, 6.45) is 1.46. The van der Waals surface area contributed by atoms with Gasteiger partial charge < -0.3 is 9.84 Å². The number of aromatic nitrogens is 2. The lowest BCUT2D eigenvalue weighted by atomic mass is 10.1. The number of aromatic hydroxyl groups is 1. The molecule has 3 N–H and O–H groups in total. The van der Waals surface area contributed by atoms with Crippen molar-refractivity contribution in [2.45, 2.75) is 6.92 Å². The molecule has 0 aliphatic rings. The maximum atomic E-state index is 12.2. The van der Waals surface area contributed by atoms with Gasteiger partial charge in [-0.25, -0.2) is 5.43 Å². The van der Waals surface area contributed by atoms with Crippen LogP contribution in [0.15, 0.2) is 53.6 Å². The van der Waals surface area contributed by atoms with Gasteiger partial charge >= 0.3 is 0 Å². The molecule has 0 aliphatic carbocycles. The lowest BCUT2D eigenvalue weighted by molar-refractivity contribution is 0.0950. The van der Waals surface area contributed by atoms with Crippen LogP contribution >= 0.6 is 0 Å². The number of ether oxygens (including phenoxy) is 1. The predicted molar refractivity (Wildman–Crippen MR) is 98.5 cm³/mol. The normalized spacial score (nSPS) is 10.8. The second-order valence-corrected chi connectivity index (χ2v) is 5.66. The average Bonchev–Trinajstić information content (AvgIpc) is 3.14. The monoisotopic (exact) mass is 350 g/mol. The number of hydrogen-bond donors (Lipinski definition) is 3. The van der Waals surface area contributed by atoms with Crippen LogP contribution in [0.3, 0.4) is 0 Å². The van der Waals surface area contributed by atoms with Crippen molar-refractivity contribution >= 4 is 12.1 Å². The predicted octanol–water partition coefficient (Wildman–Crippen LogP) is 2.86. The number of methoxy groups -OCH3 is 1. The summed E-state index contributed by atoms with van der Waals surface area (Å²) in [6, 6.07) is 14.3. The zero-order valence-electron chi connectivity index (χ0n) is 14.4. The summed E-state index contributed by atoms with van der Waals surface area (Å²) in [5.74, 6) is -0.0378. The number of amides is 1. The van der Waals surface area contributed by atoms with Crippen LogP contribution in [-0.2, 0) is 0 Å². The van der Waals surface area contributed by atoms with Gasteiger partial charge in [0.25, 0.3) is 5.91 Å². The number of nitrogens with one attached hydrogen (secondary N) is 2. The van der Waals surface area contributed by atoms with Gasteiger partial charge in [0.2, 0.25) is 0 Å². The number of aryl methyl sites for hydroxylation is 1. The Bertz CT molecular complexity index is 946. The molecule has 1 aromatic heterocycles. The summed E-state index contributed by atoms with van der Waals surface area (Å²) < 4.78 is 5.02. The Labute approximate surface area is 150 Å². The Morgan fingerprint density at radius 3 is 2.73 bits per heavy atom. The van der Waals surface area contributed by atoms with Crippen LogP contribution in [0.2, 0.25) is 0 Å². The molecule has 0 bridgehead atoms. The van der Waals surface area contributed by atoms with E-state index >= 15 is 0 Å². The molecule has 0 atom stereocenters. The number of benzene rings is 2. The van der Waals surface area contributed by atoms with Gasteiger partial charge in [-0.05, 0) is 36.8 Å². The number of H-pyrrole nitrogens is 1. The molecule has 0 aliphatic heterocycles. The summed E-state index contributed by atoms with van der Waals surface area (Å²) in [4.78, 5) is 12.2. The fraction of sp³-hybridized carbons (Fsp3) is 0.105. The molecule has 26 heavy (non-hydrogen) atoms. The summed E-state index contributed by atoms with van der Waals surface area (Å²) in [6.45, 7) is 2.01. The molecule has 0 fully saturated rings. The van der Waals surface area contributed by atoms with Crippen molar-refractivity contribution in [1.29, 1.82) is 0 Å². The first kappa shape index (κ1) is 17.2. The second-order valence-electron chi connectivity index (χ2n) is 5.66. The number of carbonyl (C=O) groups excluding carboxylic acids is 1. The van der Waals surface area contributed by atoms with Crippen LogP contribution in [0.1, 0.15) is 21.6 Å². The SMILES string of the molecule is COc1cc(/C=N\NC(=O)c2cc(-c3ccc(C)cc3)n[nH]2)ccc1O. The highest BCUT2D eigenvalue weighted by atomic mass is 16.5. The maximum Gasteiger partial charge on any atom is 0.289 e. The minimum Gasteiger partial charge on any atom is -0.504 e. The Hall–Kier alpha value is -3.61. The molecule has 0 saturated carbocycles. The van der Waals surface area contributed by atoms with Crippen LogP contribution < -0.4 is 10.2 Å². The van der Waals surface area contributed by atoms with Crippen LogP contribution in [0.5, 0.6) is 11.5 Å². The fourth-order valence-electron chi connectivity index (χ4n) is 2.31. The number of carbonyl (C=O) groups is 1. The van der Waals surface area contributed by atoms with Crippen LogP contribution in [0.25, 0.3) is 11.3 Å². The van der Waals surface area contributed by atoms with Gasteiger partial charge in [-0.3, -0.25) is 9.89 Å². The molecule has 2 aromatic carbocycles. The van der Waals surface area contributed by atoms with Crippen molar-refractivity contribution < 1.29 is 14.6 Å². The molecule has 3 aromatic rings. The van der Waals surface area contributed by atoms with E-state index in [1.165, 1.54) is 19.4 Å². The number of aromatic amines is 1. The maximum absolute atomic E-state index is 12.2. The van der Waals surface area contributed by atoms with Gasteiger partial charge in [-0.1, -0.05) is 29.8 Å². The quantitative estimate of drug-likeness (QED) is 0.487. The first-order valence-corrected chi connectivity index (χ1v) is 7.89. The highest BCUT2D eigenvalue weighted by Crippen LogP contribution is 2.25. The third kappa shape index (κ3) is 3.89. The number of hydrazone groups is 1. The highest BCUT2D eigenvalue weighted by molar-refractivity contribution is 5.94. The Morgan fingerprint density at radius 1 is 1.23 bits per heavy atom. The molecule has 3 rings (SSSR count). The number of nitrogens with zero attached hydrogens (tertiary/aromatic N) is 2. The van der Waals surface area contributed by atoms with Crippen molar-refractivity contribution in [3.63, 3.8) is 0 Å². The van der Waals surface area contributed by atoms with Crippen LogP contribution in [-0.4, -0.2) is 34.5 Å². The van der Waals surface area contributed by atoms with E-state index in [0.717, 1.165) is 11.1 Å². The third-order valence-electron chi connectivity index (χ3n) is 3.75. The van der Waals surface area contributed by atoms with Gasteiger partial charge in [0, 0.05) is 5.56 Å². The molecule has 1 amide bonds. The minimum atomic E-state index is -0.405. The third-order valence-corrected chi connectivity index (χ3v) is 3.75. The first-order valence-electron chi connectivity index (χ1n) is 7.89. The average molecular weight is 350 g/mol. The number of rotatable bonds is 5. The summed E-state index contributed by atoms with van der Waals surface area (Å²) in [7, 11) is 1.46. The fourth-order valence-corrected chi connectivity index (χ4v) is 2.31. The van der Waals surface area contributed by atoms with Gasteiger partial charge in [0.05, 0.1) is 19.0 Å². The van der Waals surface area contributed by atoms with E-state index in [1.54, 1.807) is 18.2 Å². The van der Waals surface area contributed by atoms with E-state index in [-0.39, 0.29) is 5.75 Å². The van der Waals surface area contributed by atoms with Crippen molar-refractivity contribution in [3.05, 3.63) is 65.4 Å². The molecule has 7 heteroatoms. The molecular weight excluding hydrogens is 332 g/mol. The molecule has 0 unspecified atom stereocenters. The van der Waals surface area contributed by atoms with Crippen molar-refractivity contribution in [3.8, 4) is 22.8 Å². The van der Waals surface area contributed by atoms with E-state index in [9.17, 15) is 9.90 Å². The van der Waals surface area contributed by atoms with E-state index in [0.29, 0.717) is 22.7 Å². The van der Waals surface area contributed by atoms with Gasteiger partial charge in [-0.15, -0.1) is 0 Å². The van der Waals surface area contributed by atoms with E-state index in [2.05, 4.69) is 20.7 Å². The minimum absolute atomic E-state index is 0.0368. The molecule has 0 spiro atoms. The largest absolute Gasteiger partial charge is 0.504 e. The second kappa shape index (κ2) is 7.52. The summed E-state index contributed by atoms with van der Waals surface area (Å²) >= 11 is 0. The van der Waals surface area contributed by atoms with Crippen molar-refractivity contribution in [2.24, 2.45) is 5.10 Å². The molecule has 0 radical (unpaired) electrons. The first-order chi connectivity index (χ1) is 12.6. The lowest BCUT2D eigenvalue weighted by Gasteiger charge is -2.03. The van der Waals surface area contributed by atoms with E-state index in [1.807, 2.05) is 31.2 Å². The van der Waals surface area contributed by atoms with Crippen LogP contribution in [0, 0.1) is 6.92 Å². The Balaban J connectivity index is 1.66. The zero-order valence-corrected chi connectivity index (χ0v) is 14.4. The Kier molecular flexibility index (Phi) is 4.98. The molecule has 7 nitrogen and oxygen atoms in total. The molecular formula is C19H18N4O3. The van der Waals surface area contributed by atoms with Gasteiger partial charge in [0.1, 0.15) is 5.69 Å². The summed E-state index contributed by atoms with van der Waals surface area (Å²) in [5, 5.41) is 20.3. The van der Waals surface area contributed by atoms with E-state index < -0.39 is 5.91 Å². The molecule has 1 heterocycles. The van der Waals surface area contributed by atoms with Crippen molar-refractivity contribution in [1.82, 2.24) is 15.6 Å². The highest BCUT2D eigenvalue weighted by Gasteiger charge is 2.10. The smallest absolute Gasteiger partial charge is 0.289 e. The molecule has 132 valence electrons. The van der Waals surface area contributed by atoms with E-state index in [4.69, 9.17) is 4.74 Å². The molecule has 0 saturated heterocycles. The van der Waals surface area contributed by atoms with Gasteiger partial charge in [-0.2, -0.15) is 10.2 Å². The lowest BCUT2D eigenvalue weighted by Crippen LogP contribution is -2.18. The van der Waals surface area contributed by atoms with Crippen LogP contribution in [0.4, 0.5) is 0 Å². The number of hydrogen-bond acceptors (Lipinski definition) is 5. The topological polar surface area (TPSA) is 99.6 Å². The van der Waals surface area contributed by atoms with Gasteiger partial charge in [0.15, 0.2) is 11.5 Å². The van der Waals surface area contributed by atoms with Crippen molar-refractivity contribution in [2.75, 3.05) is 7.11 Å². The Morgan fingerprint density at radius 2 is 2.00 bits per heavy atom. The zero-order chi connectivity index (χ0) is 18.5. The number of phenols is 1. The summed E-state index contributed by atoms with van der Waals surface area (Å²) in [5.41, 5.74) is 6.17.